The van der Waals surface area contributed by atoms with Crippen LogP contribution in [0.2, 0.25) is 0 Å². The van der Waals surface area contributed by atoms with Crippen LogP contribution in [0.15, 0.2) is 36.7 Å². The third kappa shape index (κ3) is 2.75. The van der Waals surface area contributed by atoms with Crippen LogP contribution in [0.25, 0.3) is 10.1 Å². The van der Waals surface area contributed by atoms with E-state index in [1.54, 1.807) is 12.4 Å². The number of nitrogens with zero attached hydrogens (tertiary/aromatic N) is 1. The van der Waals surface area contributed by atoms with Crippen molar-refractivity contribution in [1.29, 1.82) is 0 Å². The van der Waals surface area contributed by atoms with Crippen molar-refractivity contribution in [3.8, 4) is 0 Å². The molecule has 1 amide bonds. The van der Waals surface area contributed by atoms with Gasteiger partial charge >= 0.3 is 0 Å². The lowest BCUT2D eigenvalue weighted by Crippen LogP contribution is -2.28. The average molecular weight is 300 g/mol. The molecule has 0 saturated carbocycles. The summed E-state index contributed by atoms with van der Waals surface area (Å²) in [6, 6.07) is 7.43. The zero-order chi connectivity index (χ0) is 14.8. The van der Waals surface area contributed by atoms with Crippen LogP contribution in [-0.2, 0) is 0 Å². The predicted molar refractivity (Wildman–Crippen MR) is 85.3 cm³/mol. The first-order valence-corrected chi connectivity index (χ1v) is 7.58. The molecule has 21 heavy (non-hydrogen) atoms. The number of amides is 1. The third-order valence-corrected chi connectivity index (χ3v) is 4.44. The molecule has 3 rings (SSSR count). The van der Waals surface area contributed by atoms with Crippen LogP contribution in [0, 0.1) is 0 Å². The van der Waals surface area contributed by atoms with Gasteiger partial charge in [-0.2, -0.15) is 0 Å². The number of imidazole rings is 1. The van der Waals surface area contributed by atoms with E-state index in [0.29, 0.717) is 10.6 Å². The minimum absolute atomic E-state index is 0.0852. The van der Waals surface area contributed by atoms with Crippen molar-refractivity contribution in [3.63, 3.8) is 0 Å². The van der Waals surface area contributed by atoms with Gasteiger partial charge in [-0.3, -0.25) is 4.79 Å². The number of carbonyl (C=O) groups excluding carboxylic acids is 1. The van der Waals surface area contributed by atoms with Gasteiger partial charge in [0.2, 0.25) is 0 Å². The summed E-state index contributed by atoms with van der Waals surface area (Å²) >= 11 is 1.47. The number of carbonyl (C=O) groups is 1. The topological polar surface area (TPSA) is 83.8 Å². The number of anilines is 1. The van der Waals surface area contributed by atoms with Crippen molar-refractivity contribution < 1.29 is 4.79 Å². The standard InChI is InChI=1S/C15H16N4OS/c1-2-11(14-17-5-6-18-14)19-15(20)13-8-9-7-10(16)3-4-12(9)21-13/h3-8,11H,2,16H2,1H3,(H,17,18)(H,19,20). The van der Waals surface area contributed by atoms with Gasteiger partial charge in [-0.1, -0.05) is 6.92 Å². The molecule has 0 aliphatic heterocycles. The number of fused-ring (bicyclic) bond motifs is 1. The fraction of sp³-hybridized carbons (Fsp3) is 0.200. The van der Waals surface area contributed by atoms with Crippen molar-refractivity contribution in [3.05, 3.63) is 47.4 Å². The van der Waals surface area contributed by atoms with E-state index in [-0.39, 0.29) is 11.9 Å². The summed E-state index contributed by atoms with van der Waals surface area (Å²) in [5.41, 5.74) is 6.47. The molecule has 0 saturated heterocycles. The number of hydrogen-bond donors (Lipinski definition) is 3. The van der Waals surface area contributed by atoms with Gasteiger partial charge < -0.3 is 16.0 Å². The lowest BCUT2D eigenvalue weighted by molar-refractivity contribution is 0.0938. The van der Waals surface area contributed by atoms with Crippen molar-refractivity contribution in [2.24, 2.45) is 0 Å². The molecule has 0 spiro atoms. The quantitative estimate of drug-likeness (QED) is 0.647. The van der Waals surface area contributed by atoms with Crippen LogP contribution in [0.3, 0.4) is 0 Å². The molecule has 0 aliphatic carbocycles. The van der Waals surface area contributed by atoms with Gasteiger partial charge in [0.25, 0.3) is 5.91 Å². The average Bonchev–Trinajstić information content (AvgIpc) is 3.12. The number of nitrogens with two attached hydrogens (primary N) is 1. The zero-order valence-corrected chi connectivity index (χ0v) is 12.4. The summed E-state index contributed by atoms with van der Waals surface area (Å²) in [4.78, 5) is 20.3. The molecular formula is C15H16N4OS. The molecule has 0 bridgehead atoms. The second-order valence-electron chi connectivity index (χ2n) is 4.82. The van der Waals surface area contributed by atoms with Crippen molar-refractivity contribution in [1.82, 2.24) is 15.3 Å². The summed E-state index contributed by atoms with van der Waals surface area (Å²) < 4.78 is 1.06. The molecule has 6 heteroatoms. The normalized spacial score (nSPS) is 12.4. The van der Waals surface area contributed by atoms with E-state index in [1.165, 1.54) is 11.3 Å². The first-order valence-electron chi connectivity index (χ1n) is 6.76. The minimum atomic E-state index is -0.109. The van der Waals surface area contributed by atoms with Crippen molar-refractivity contribution in [2.45, 2.75) is 19.4 Å². The summed E-state index contributed by atoms with van der Waals surface area (Å²) in [7, 11) is 0. The van der Waals surface area contributed by atoms with Gasteiger partial charge in [0.1, 0.15) is 5.82 Å². The summed E-state index contributed by atoms with van der Waals surface area (Å²) in [5.74, 6) is 0.689. The number of H-pyrrole nitrogens is 1. The van der Waals surface area contributed by atoms with Crippen molar-refractivity contribution in [2.75, 3.05) is 5.73 Å². The molecule has 0 aliphatic rings. The molecule has 108 valence electrons. The van der Waals surface area contributed by atoms with Crippen LogP contribution in [0.1, 0.15) is 34.9 Å². The molecule has 4 N–H and O–H groups in total. The van der Waals surface area contributed by atoms with E-state index in [0.717, 1.165) is 22.3 Å². The number of hydrogen-bond acceptors (Lipinski definition) is 4. The molecule has 2 heterocycles. The lowest BCUT2D eigenvalue weighted by atomic mass is 10.2. The predicted octanol–water partition coefficient (Wildman–Crippen LogP) is 3.09. The highest BCUT2D eigenvalue weighted by molar-refractivity contribution is 7.20. The van der Waals surface area contributed by atoms with E-state index in [1.807, 2.05) is 31.2 Å². The van der Waals surface area contributed by atoms with E-state index in [2.05, 4.69) is 15.3 Å². The molecule has 1 aromatic carbocycles. The Hall–Kier alpha value is -2.34. The first-order chi connectivity index (χ1) is 10.2. The smallest absolute Gasteiger partial charge is 0.261 e. The first kappa shape index (κ1) is 13.6. The molecule has 3 aromatic rings. The SMILES string of the molecule is CCC(NC(=O)c1cc2cc(N)ccc2s1)c1ncc[nH]1. The van der Waals surface area contributed by atoms with E-state index < -0.39 is 0 Å². The van der Waals surface area contributed by atoms with Gasteiger partial charge in [-0.25, -0.2) is 4.98 Å². The Bertz CT molecular complexity index is 763. The zero-order valence-electron chi connectivity index (χ0n) is 11.6. The molecule has 1 unspecified atom stereocenters. The monoisotopic (exact) mass is 300 g/mol. The number of benzene rings is 1. The number of thiophene rings is 1. The van der Waals surface area contributed by atoms with Gasteiger partial charge in [-0.05, 0) is 36.1 Å². The van der Waals surface area contributed by atoms with Crippen LogP contribution in [0.5, 0.6) is 0 Å². The van der Waals surface area contributed by atoms with E-state index in [4.69, 9.17) is 5.73 Å². The maximum absolute atomic E-state index is 12.4. The number of nitrogens with one attached hydrogen (secondary N) is 2. The van der Waals surface area contributed by atoms with Crippen LogP contribution in [-0.4, -0.2) is 15.9 Å². The largest absolute Gasteiger partial charge is 0.399 e. The van der Waals surface area contributed by atoms with Crippen LogP contribution in [0.4, 0.5) is 5.69 Å². The molecular weight excluding hydrogens is 284 g/mol. The van der Waals surface area contributed by atoms with Gasteiger partial charge in [0.05, 0.1) is 10.9 Å². The summed E-state index contributed by atoms with van der Waals surface area (Å²) in [6.45, 7) is 2.01. The second kappa shape index (κ2) is 5.57. The highest BCUT2D eigenvalue weighted by Crippen LogP contribution is 2.27. The summed E-state index contributed by atoms with van der Waals surface area (Å²) in [5, 5.41) is 4.00. The Labute approximate surface area is 126 Å². The second-order valence-corrected chi connectivity index (χ2v) is 5.90. The fourth-order valence-electron chi connectivity index (χ4n) is 2.23. The minimum Gasteiger partial charge on any atom is -0.399 e. The van der Waals surface area contributed by atoms with Gasteiger partial charge in [0.15, 0.2) is 0 Å². The van der Waals surface area contributed by atoms with Crippen LogP contribution >= 0.6 is 11.3 Å². The maximum atomic E-state index is 12.4. The Kier molecular flexibility index (Phi) is 3.62. The maximum Gasteiger partial charge on any atom is 0.261 e. The Morgan fingerprint density at radius 3 is 3.05 bits per heavy atom. The van der Waals surface area contributed by atoms with Crippen LogP contribution < -0.4 is 11.1 Å². The Morgan fingerprint density at radius 1 is 1.48 bits per heavy atom. The van der Waals surface area contributed by atoms with Crippen molar-refractivity contribution >= 4 is 33.0 Å². The summed E-state index contributed by atoms with van der Waals surface area (Å²) in [6.07, 6.45) is 4.22. The Balaban J connectivity index is 1.83. The lowest BCUT2D eigenvalue weighted by Gasteiger charge is -2.13. The number of nitrogen functional groups attached to an aromatic ring is 1. The van der Waals surface area contributed by atoms with Gasteiger partial charge in [-0.15, -0.1) is 11.3 Å². The van der Waals surface area contributed by atoms with E-state index >= 15 is 0 Å². The number of aromatic nitrogens is 2. The fourth-order valence-corrected chi connectivity index (χ4v) is 3.18. The number of aromatic amines is 1. The third-order valence-electron chi connectivity index (χ3n) is 3.33. The number of rotatable bonds is 4. The van der Waals surface area contributed by atoms with E-state index in [9.17, 15) is 4.79 Å². The molecule has 0 fully saturated rings. The van der Waals surface area contributed by atoms with Gasteiger partial charge in [0, 0.05) is 22.8 Å². The molecule has 1 atom stereocenters. The Morgan fingerprint density at radius 2 is 2.33 bits per heavy atom. The molecule has 2 aromatic heterocycles. The highest BCUT2D eigenvalue weighted by Gasteiger charge is 2.17. The highest BCUT2D eigenvalue weighted by atomic mass is 32.1. The molecule has 5 nitrogen and oxygen atoms in total. The molecule has 0 radical (unpaired) electrons.